The minimum Gasteiger partial charge on any atom is -0.378 e. The van der Waals surface area contributed by atoms with Crippen molar-refractivity contribution in [2.45, 2.75) is 38.1 Å². The Kier molecular flexibility index (Phi) is 5.33. The highest BCUT2D eigenvalue weighted by molar-refractivity contribution is 5.55. The highest BCUT2D eigenvalue weighted by Gasteiger charge is 2.30. The fourth-order valence-corrected chi connectivity index (χ4v) is 3.82. The highest BCUT2D eigenvalue weighted by Crippen LogP contribution is 2.32. The van der Waals surface area contributed by atoms with Gasteiger partial charge in [-0.05, 0) is 68.1 Å². The molecule has 27 heavy (non-hydrogen) atoms. The summed E-state index contributed by atoms with van der Waals surface area (Å²) in [6.07, 6.45) is 4.88. The molecule has 0 aromatic carbocycles. The molecule has 0 spiro atoms. The Labute approximate surface area is 160 Å². The Morgan fingerprint density at radius 1 is 1.22 bits per heavy atom. The van der Waals surface area contributed by atoms with Gasteiger partial charge in [-0.2, -0.15) is 5.26 Å². The SMILES string of the molecule is CCc1cc(C2CCN(C3COC3)CC2)cc(Nc2cc(C#N)ccn2)n1. The van der Waals surface area contributed by atoms with Gasteiger partial charge in [0.2, 0.25) is 0 Å². The second-order valence-electron chi connectivity index (χ2n) is 7.30. The number of pyridine rings is 2. The van der Waals surface area contributed by atoms with Crippen molar-refractivity contribution in [2.75, 3.05) is 31.6 Å². The molecule has 140 valence electrons. The summed E-state index contributed by atoms with van der Waals surface area (Å²) in [4.78, 5) is 11.6. The van der Waals surface area contributed by atoms with Crippen molar-refractivity contribution in [2.24, 2.45) is 0 Å². The van der Waals surface area contributed by atoms with Gasteiger partial charge in [-0.3, -0.25) is 4.90 Å². The number of aryl methyl sites for hydroxylation is 1. The van der Waals surface area contributed by atoms with E-state index < -0.39 is 0 Å². The van der Waals surface area contributed by atoms with E-state index in [1.807, 2.05) is 0 Å². The van der Waals surface area contributed by atoms with Crippen LogP contribution < -0.4 is 5.32 Å². The lowest BCUT2D eigenvalue weighted by molar-refractivity contribution is -0.0712. The van der Waals surface area contributed by atoms with E-state index in [2.05, 4.69) is 40.3 Å². The fourth-order valence-electron chi connectivity index (χ4n) is 3.82. The predicted molar refractivity (Wildman–Crippen MR) is 104 cm³/mol. The summed E-state index contributed by atoms with van der Waals surface area (Å²) in [5.41, 5.74) is 3.03. The fraction of sp³-hybridized carbons (Fsp3) is 0.476. The molecule has 4 heterocycles. The van der Waals surface area contributed by atoms with Crippen LogP contribution in [0.4, 0.5) is 11.6 Å². The first kappa shape index (κ1) is 17.9. The second kappa shape index (κ2) is 8.03. The number of ether oxygens (including phenoxy) is 1. The van der Waals surface area contributed by atoms with Gasteiger partial charge in [-0.1, -0.05) is 6.92 Å². The van der Waals surface area contributed by atoms with Crippen LogP contribution >= 0.6 is 0 Å². The molecule has 6 heteroatoms. The molecule has 4 rings (SSSR count). The Balaban J connectivity index is 1.49. The van der Waals surface area contributed by atoms with Gasteiger partial charge >= 0.3 is 0 Å². The van der Waals surface area contributed by atoms with E-state index >= 15 is 0 Å². The largest absolute Gasteiger partial charge is 0.378 e. The first-order valence-electron chi connectivity index (χ1n) is 9.71. The lowest BCUT2D eigenvalue weighted by Crippen LogP contribution is -2.51. The molecule has 0 aliphatic carbocycles. The molecular formula is C21H25N5O. The van der Waals surface area contributed by atoms with Gasteiger partial charge in [0.25, 0.3) is 0 Å². The Morgan fingerprint density at radius 2 is 2.04 bits per heavy atom. The van der Waals surface area contributed by atoms with Crippen molar-refractivity contribution >= 4 is 11.6 Å². The third kappa shape index (κ3) is 4.10. The normalized spacial score (nSPS) is 18.7. The average Bonchev–Trinajstić information content (AvgIpc) is 2.67. The topological polar surface area (TPSA) is 74.1 Å². The number of hydrogen-bond acceptors (Lipinski definition) is 6. The van der Waals surface area contributed by atoms with Crippen LogP contribution in [-0.2, 0) is 11.2 Å². The van der Waals surface area contributed by atoms with Crippen LogP contribution in [0.3, 0.4) is 0 Å². The van der Waals surface area contributed by atoms with Gasteiger partial charge in [0.1, 0.15) is 11.6 Å². The van der Waals surface area contributed by atoms with E-state index in [1.165, 1.54) is 18.4 Å². The van der Waals surface area contributed by atoms with Crippen LogP contribution in [0.25, 0.3) is 0 Å². The number of anilines is 2. The lowest BCUT2D eigenvalue weighted by Gasteiger charge is -2.41. The monoisotopic (exact) mass is 363 g/mol. The molecule has 2 saturated heterocycles. The number of piperidine rings is 1. The van der Waals surface area contributed by atoms with E-state index in [4.69, 9.17) is 15.0 Å². The minimum atomic E-state index is 0.564. The van der Waals surface area contributed by atoms with Crippen LogP contribution in [0.2, 0.25) is 0 Å². The van der Waals surface area contributed by atoms with Gasteiger partial charge in [0.15, 0.2) is 0 Å². The van der Waals surface area contributed by atoms with E-state index in [-0.39, 0.29) is 0 Å². The molecule has 2 aromatic rings. The maximum Gasteiger partial charge on any atom is 0.132 e. The summed E-state index contributed by atoms with van der Waals surface area (Å²) in [5.74, 6) is 2.02. The summed E-state index contributed by atoms with van der Waals surface area (Å²) >= 11 is 0. The number of rotatable bonds is 5. The summed E-state index contributed by atoms with van der Waals surface area (Å²) in [7, 11) is 0. The third-order valence-corrected chi connectivity index (χ3v) is 5.55. The van der Waals surface area contributed by atoms with Crippen LogP contribution in [-0.4, -0.2) is 47.2 Å². The zero-order valence-corrected chi connectivity index (χ0v) is 15.7. The number of hydrogen-bond donors (Lipinski definition) is 1. The quantitative estimate of drug-likeness (QED) is 0.879. The first-order chi connectivity index (χ1) is 13.2. The molecular weight excluding hydrogens is 338 g/mol. The van der Waals surface area contributed by atoms with Crippen LogP contribution in [0, 0.1) is 11.3 Å². The van der Waals surface area contributed by atoms with Crippen LogP contribution in [0.15, 0.2) is 30.5 Å². The summed E-state index contributed by atoms with van der Waals surface area (Å²) < 4.78 is 5.33. The number of aromatic nitrogens is 2. The smallest absolute Gasteiger partial charge is 0.132 e. The maximum absolute atomic E-state index is 9.07. The number of nitriles is 1. The van der Waals surface area contributed by atoms with Crippen LogP contribution in [0.5, 0.6) is 0 Å². The Morgan fingerprint density at radius 3 is 2.70 bits per heavy atom. The standard InChI is InChI=1S/C21H25N5O/c1-2-18-10-17(16-4-7-26(8-5-16)19-13-27-14-19)11-21(24-18)25-20-9-15(12-22)3-6-23-20/h3,6,9-11,16,19H,2,4-5,7-8,13-14H2,1H3,(H,23,24,25). The summed E-state index contributed by atoms with van der Waals surface area (Å²) in [5, 5.41) is 12.4. The van der Waals surface area contributed by atoms with Gasteiger partial charge in [0.05, 0.1) is 30.9 Å². The summed E-state index contributed by atoms with van der Waals surface area (Å²) in [6, 6.07) is 10.6. The molecule has 0 bridgehead atoms. The lowest BCUT2D eigenvalue weighted by atomic mass is 9.88. The second-order valence-corrected chi connectivity index (χ2v) is 7.30. The van der Waals surface area contributed by atoms with Crippen molar-refractivity contribution in [3.05, 3.63) is 47.3 Å². The molecule has 6 nitrogen and oxygen atoms in total. The van der Waals surface area contributed by atoms with Crippen molar-refractivity contribution in [3.8, 4) is 6.07 Å². The number of nitrogens with one attached hydrogen (secondary N) is 1. The van der Waals surface area contributed by atoms with E-state index in [1.54, 1.807) is 18.3 Å². The molecule has 2 aromatic heterocycles. The van der Waals surface area contributed by atoms with Gasteiger partial charge in [-0.15, -0.1) is 0 Å². The third-order valence-electron chi connectivity index (χ3n) is 5.55. The molecule has 2 fully saturated rings. The van der Waals surface area contributed by atoms with Crippen LogP contribution in [0.1, 0.15) is 42.5 Å². The Hall–Kier alpha value is -2.49. The Bertz CT molecular complexity index is 835. The van der Waals surface area contributed by atoms with Crippen molar-refractivity contribution in [1.82, 2.24) is 14.9 Å². The van der Waals surface area contributed by atoms with Crippen molar-refractivity contribution in [1.29, 1.82) is 5.26 Å². The van der Waals surface area contributed by atoms with Crippen molar-refractivity contribution < 1.29 is 4.74 Å². The van der Waals surface area contributed by atoms with Gasteiger partial charge in [0, 0.05) is 11.9 Å². The minimum absolute atomic E-state index is 0.564. The summed E-state index contributed by atoms with van der Waals surface area (Å²) in [6.45, 7) is 6.18. The van der Waals surface area contributed by atoms with Crippen molar-refractivity contribution in [3.63, 3.8) is 0 Å². The average molecular weight is 363 g/mol. The van der Waals surface area contributed by atoms with E-state index in [0.29, 0.717) is 23.3 Å². The predicted octanol–water partition coefficient (Wildman–Crippen LogP) is 3.23. The number of likely N-dealkylation sites (tertiary alicyclic amines) is 1. The molecule has 0 saturated carbocycles. The molecule has 1 N–H and O–H groups in total. The zero-order chi connectivity index (χ0) is 18.6. The molecule has 2 aliphatic heterocycles. The first-order valence-corrected chi connectivity index (χ1v) is 9.71. The maximum atomic E-state index is 9.07. The van der Waals surface area contributed by atoms with Gasteiger partial charge < -0.3 is 10.1 Å². The van der Waals surface area contributed by atoms with Gasteiger partial charge in [-0.25, -0.2) is 9.97 Å². The van der Waals surface area contributed by atoms with E-state index in [0.717, 1.165) is 44.2 Å². The highest BCUT2D eigenvalue weighted by atomic mass is 16.5. The molecule has 2 aliphatic rings. The molecule has 0 unspecified atom stereocenters. The molecule has 0 radical (unpaired) electrons. The number of nitrogens with zero attached hydrogens (tertiary/aromatic N) is 4. The molecule has 0 amide bonds. The zero-order valence-electron chi connectivity index (χ0n) is 15.7. The molecule has 0 atom stereocenters. The van der Waals surface area contributed by atoms with E-state index in [9.17, 15) is 0 Å².